The van der Waals surface area contributed by atoms with Crippen molar-refractivity contribution in [3.8, 4) is 28.1 Å². The normalized spacial score (nSPS) is 12.4. The van der Waals surface area contributed by atoms with Crippen LogP contribution in [0.4, 0.5) is 10.1 Å². The maximum atomic E-state index is 14.5. The zero-order valence-corrected chi connectivity index (χ0v) is 37.2. The third kappa shape index (κ3) is 18.4. The first-order valence-corrected chi connectivity index (χ1v) is 21.7. The number of aliphatic hydroxyl groups is 2. The van der Waals surface area contributed by atoms with Gasteiger partial charge in [0.05, 0.1) is 116 Å². The zero-order chi connectivity index (χ0) is 45.9. The molecule has 4 aromatic rings. The minimum Gasteiger partial charge on any atom is -0.491 e. The predicted molar refractivity (Wildman–Crippen MR) is 240 cm³/mol. The Balaban J connectivity index is 1.28. The Morgan fingerprint density at radius 2 is 1.17 bits per heavy atom. The van der Waals surface area contributed by atoms with E-state index in [4.69, 9.17) is 43.0 Å². The summed E-state index contributed by atoms with van der Waals surface area (Å²) < 4.78 is 59.9. The summed E-state index contributed by atoms with van der Waals surface area (Å²) in [5.41, 5.74) is 4.40. The number of carbonyl (C=O) groups is 2. The number of carboxylic acid groups (broad SMARTS) is 1. The van der Waals surface area contributed by atoms with Crippen LogP contribution in [0.15, 0.2) is 78.9 Å². The van der Waals surface area contributed by atoms with E-state index in [0.29, 0.717) is 132 Å². The average molecular weight is 897 g/mol. The summed E-state index contributed by atoms with van der Waals surface area (Å²) in [4.78, 5) is 25.7. The number of ether oxygens (including phenoxy) is 8. The van der Waals surface area contributed by atoms with Crippen molar-refractivity contribution in [2.75, 3.05) is 105 Å². The van der Waals surface area contributed by atoms with Gasteiger partial charge < -0.3 is 63.1 Å². The smallest absolute Gasteiger partial charge is 0.305 e. The molecule has 0 fully saturated rings. The highest BCUT2D eigenvalue weighted by Gasteiger charge is 2.31. The van der Waals surface area contributed by atoms with Crippen LogP contribution in [-0.2, 0) is 44.5 Å². The molecule has 0 bridgehead atoms. The van der Waals surface area contributed by atoms with Crippen molar-refractivity contribution in [1.29, 1.82) is 0 Å². The number of anilines is 1. The van der Waals surface area contributed by atoms with Crippen LogP contribution in [0, 0.1) is 5.82 Å². The van der Waals surface area contributed by atoms with Gasteiger partial charge in [-0.15, -0.1) is 0 Å². The second-order valence-corrected chi connectivity index (χ2v) is 15.1. The molecule has 1 amide bonds. The topological polar surface area (TPSA) is 186 Å². The number of methoxy groups -OCH3 is 1. The Kier molecular flexibility index (Phi) is 24.0. The minimum atomic E-state index is -1.22. The number of aliphatic carboxylic acids is 1. The lowest BCUT2D eigenvalue weighted by Gasteiger charge is -2.20. The highest BCUT2D eigenvalue weighted by Crippen LogP contribution is 2.42. The van der Waals surface area contributed by atoms with Crippen molar-refractivity contribution in [3.05, 3.63) is 95.9 Å². The molecule has 2 unspecified atom stereocenters. The lowest BCUT2D eigenvalue weighted by atomic mass is 9.94. The number of amides is 1. The second-order valence-electron chi connectivity index (χ2n) is 15.1. The van der Waals surface area contributed by atoms with E-state index in [9.17, 15) is 24.2 Å². The summed E-state index contributed by atoms with van der Waals surface area (Å²) in [5.74, 6) is -1.52. The number of benzene rings is 3. The molecule has 0 aliphatic heterocycles. The van der Waals surface area contributed by atoms with Crippen molar-refractivity contribution in [1.82, 2.24) is 4.57 Å². The Morgan fingerprint density at radius 3 is 1.67 bits per heavy atom. The van der Waals surface area contributed by atoms with Crippen molar-refractivity contribution < 1.29 is 67.2 Å². The number of aliphatic hydroxyl groups excluding tert-OH is 2. The Hall–Kier alpha value is -4.75. The maximum absolute atomic E-state index is 14.5. The second kappa shape index (κ2) is 29.6. The fourth-order valence-electron chi connectivity index (χ4n) is 6.88. The molecule has 4 rings (SSSR count). The Morgan fingerprint density at radius 1 is 0.656 bits per heavy atom. The molecule has 3 aromatic carbocycles. The SMILES string of the molecule is COCCOCCOCCOCCOCCOCCOCCOc1ccc(NC(=O)c2c(-c3ccccc3)c(-c3ccc(F)cc3)n(CCC(O)CC(O)CC(=O)O)c2C(C)C)cc1. The van der Waals surface area contributed by atoms with Crippen LogP contribution in [0.2, 0.25) is 0 Å². The first kappa shape index (κ1) is 51.9. The lowest BCUT2D eigenvalue weighted by Crippen LogP contribution is -2.22. The number of rotatable bonds is 34. The van der Waals surface area contributed by atoms with Crippen molar-refractivity contribution in [2.24, 2.45) is 0 Å². The number of halogens is 1. The van der Waals surface area contributed by atoms with E-state index in [0.717, 1.165) is 5.56 Å². The summed E-state index contributed by atoms with van der Waals surface area (Å²) >= 11 is 0. The summed E-state index contributed by atoms with van der Waals surface area (Å²) in [6, 6.07) is 22.5. The zero-order valence-electron chi connectivity index (χ0n) is 37.2. The van der Waals surface area contributed by atoms with Crippen molar-refractivity contribution in [2.45, 2.75) is 57.8 Å². The van der Waals surface area contributed by atoms with E-state index in [1.54, 1.807) is 43.5 Å². The molecule has 1 aromatic heterocycles. The molecule has 16 heteroatoms. The number of carboxylic acids is 1. The number of carbonyl (C=O) groups excluding carboxylic acids is 1. The van der Waals surface area contributed by atoms with Crippen LogP contribution in [0.25, 0.3) is 22.4 Å². The van der Waals surface area contributed by atoms with Crippen LogP contribution >= 0.6 is 0 Å². The summed E-state index contributed by atoms with van der Waals surface area (Å²) in [6.45, 7) is 10.6. The average Bonchev–Trinajstić information content (AvgIpc) is 3.62. The largest absolute Gasteiger partial charge is 0.491 e. The van der Waals surface area contributed by atoms with E-state index < -0.39 is 30.4 Å². The van der Waals surface area contributed by atoms with E-state index in [1.165, 1.54) is 12.1 Å². The summed E-state index contributed by atoms with van der Waals surface area (Å²) in [5, 5.41) is 33.3. The van der Waals surface area contributed by atoms with Gasteiger partial charge in [-0.25, -0.2) is 4.39 Å². The maximum Gasteiger partial charge on any atom is 0.305 e. The Labute approximate surface area is 375 Å². The third-order valence-electron chi connectivity index (χ3n) is 9.80. The van der Waals surface area contributed by atoms with Crippen molar-refractivity contribution in [3.63, 3.8) is 0 Å². The number of hydrogen-bond donors (Lipinski definition) is 4. The van der Waals surface area contributed by atoms with Gasteiger partial charge >= 0.3 is 5.97 Å². The fraction of sp³-hybridized carbons (Fsp3) is 0.500. The van der Waals surface area contributed by atoms with Crippen LogP contribution in [-0.4, -0.2) is 144 Å². The Bertz CT molecular complexity index is 1910. The van der Waals surface area contributed by atoms with Crippen LogP contribution in [0.3, 0.4) is 0 Å². The quantitative estimate of drug-likeness (QED) is 0.0376. The molecule has 0 aliphatic carbocycles. The van der Waals surface area contributed by atoms with Crippen LogP contribution in [0.5, 0.6) is 5.75 Å². The molecule has 0 saturated heterocycles. The lowest BCUT2D eigenvalue weighted by molar-refractivity contribution is -0.139. The molecular weight excluding hydrogens is 832 g/mol. The van der Waals surface area contributed by atoms with Crippen LogP contribution in [0.1, 0.15) is 55.1 Å². The molecule has 352 valence electrons. The van der Waals surface area contributed by atoms with Gasteiger partial charge in [0.25, 0.3) is 5.91 Å². The third-order valence-corrected chi connectivity index (χ3v) is 9.80. The predicted octanol–water partition coefficient (Wildman–Crippen LogP) is 6.44. The van der Waals surface area contributed by atoms with Gasteiger partial charge in [-0.1, -0.05) is 44.2 Å². The molecule has 2 atom stereocenters. The van der Waals surface area contributed by atoms with E-state index in [1.807, 2.05) is 48.7 Å². The van der Waals surface area contributed by atoms with E-state index >= 15 is 0 Å². The highest BCUT2D eigenvalue weighted by atomic mass is 19.1. The summed E-state index contributed by atoms with van der Waals surface area (Å²) in [7, 11) is 1.63. The molecule has 15 nitrogen and oxygen atoms in total. The van der Waals surface area contributed by atoms with Gasteiger partial charge in [-0.05, 0) is 78.4 Å². The molecular formula is C48H65FN2O13. The first-order chi connectivity index (χ1) is 31.1. The molecule has 4 N–H and O–H groups in total. The molecule has 1 heterocycles. The standard InChI is InChI=1S/C48H65FN2O13/c1-35(2)46-45(44(36-7-5-4-6-8-36)47(37-9-11-38(49)12-10-37)51(46)18-17-40(52)33-41(53)34-43(54)55)48(56)50-39-13-15-42(16-14-39)64-32-31-63-30-29-62-28-27-61-26-25-60-24-23-59-22-21-58-20-19-57-3/h4-16,35,40-41,52-53H,17-34H2,1-3H3,(H,50,56)(H,54,55). The highest BCUT2D eigenvalue weighted by molar-refractivity contribution is 6.12. The molecule has 0 saturated carbocycles. The van der Waals surface area contributed by atoms with Gasteiger partial charge in [-0.3, -0.25) is 9.59 Å². The summed E-state index contributed by atoms with van der Waals surface area (Å²) in [6.07, 6.45) is -2.69. The van der Waals surface area contributed by atoms with E-state index in [2.05, 4.69) is 5.32 Å². The number of nitrogens with zero attached hydrogens (tertiary/aromatic N) is 1. The monoisotopic (exact) mass is 896 g/mol. The van der Waals surface area contributed by atoms with E-state index in [-0.39, 0.29) is 31.2 Å². The molecule has 0 spiro atoms. The van der Waals surface area contributed by atoms with Crippen molar-refractivity contribution >= 4 is 17.6 Å². The van der Waals surface area contributed by atoms with Gasteiger partial charge in [0.2, 0.25) is 0 Å². The number of aromatic nitrogens is 1. The van der Waals surface area contributed by atoms with Gasteiger partial charge in [0.15, 0.2) is 0 Å². The first-order valence-electron chi connectivity index (χ1n) is 21.7. The van der Waals surface area contributed by atoms with Crippen LogP contribution < -0.4 is 10.1 Å². The fourth-order valence-corrected chi connectivity index (χ4v) is 6.88. The van der Waals surface area contributed by atoms with Gasteiger partial charge in [0, 0.05) is 30.6 Å². The van der Waals surface area contributed by atoms with Gasteiger partial charge in [-0.2, -0.15) is 0 Å². The number of hydrogen-bond acceptors (Lipinski definition) is 12. The number of nitrogens with one attached hydrogen (secondary N) is 1. The van der Waals surface area contributed by atoms with Gasteiger partial charge in [0.1, 0.15) is 18.2 Å². The molecule has 0 aliphatic rings. The minimum absolute atomic E-state index is 0.127. The molecule has 0 radical (unpaired) electrons. The molecule has 64 heavy (non-hydrogen) atoms.